The summed E-state index contributed by atoms with van der Waals surface area (Å²) in [5, 5.41) is 13.8. The van der Waals surface area contributed by atoms with Crippen molar-refractivity contribution in [1.29, 1.82) is 0 Å². The molecule has 0 atom stereocenters. The minimum Gasteiger partial charge on any atom is -0.497 e. The number of morpholine rings is 1. The van der Waals surface area contributed by atoms with Gasteiger partial charge in [0.15, 0.2) is 5.82 Å². The molecule has 0 spiro atoms. The monoisotopic (exact) mass is 519 g/mol. The standard InChI is InChI=1S/C27H29N5O4S/c1-27(2,18-6-10-20(35-3)11-7-18)29-25(34)22-16-21-23(30-31-26(21)37-22)28-24(33)17-4-8-19(9-5-17)32-12-14-36-15-13-32/h4-11,16H,12-15H2,1-3H3,(H,29,34)(H2,28,30,31,33). The SMILES string of the molecule is COc1ccc(C(C)(C)NC(=O)c2cc3c(NC(=O)c4ccc(N5CCOCC5)cc4)n[nH]c3s2)cc1. The first-order valence-corrected chi connectivity index (χ1v) is 12.8. The van der Waals surface area contributed by atoms with Crippen molar-refractivity contribution in [3.8, 4) is 5.75 Å². The molecule has 10 heteroatoms. The molecule has 37 heavy (non-hydrogen) atoms. The molecule has 1 saturated heterocycles. The number of anilines is 2. The molecule has 3 N–H and O–H groups in total. The van der Waals surface area contributed by atoms with Gasteiger partial charge in [-0.25, -0.2) is 0 Å². The first kappa shape index (κ1) is 24.8. The number of nitrogens with one attached hydrogen (secondary N) is 3. The maximum absolute atomic E-state index is 13.1. The molecule has 3 heterocycles. The van der Waals surface area contributed by atoms with Gasteiger partial charge in [-0.2, -0.15) is 5.10 Å². The highest BCUT2D eigenvalue weighted by molar-refractivity contribution is 7.20. The maximum atomic E-state index is 13.1. The Balaban J connectivity index is 1.27. The van der Waals surface area contributed by atoms with Gasteiger partial charge in [-0.15, -0.1) is 11.3 Å². The van der Waals surface area contributed by atoms with Crippen LogP contribution in [0, 0.1) is 0 Å². The fraction of sp³-hybridized carbons (Fsp3) is 0.296. The van der Waals surface area contributed by atoms with Gasteiger partial charge in [0.1, 0.15) is 10.6 Å². The van der Waals surface area contributed by atoms with Crippen LogP contribution in [0.25, 0.3) is 10.2 Å². The number of fused-ring (bicyclic) bond motifs is 1. The predicted molar refractivity (Wildman–Crippen MR) is 145 cm³/mol. The third-order valence-corrected chi connectivity index (χ3v) is 7.49. The van der Waals surface area contributed by atoms with Gasteiger partial charge in [-0.3, -0.25) is 14.7 Å². The Morgan fingerprint density at radius 1 is 1.05 bits per heavy atom. The van der Waals surface area contributed by atoms with Gasteiger partial charge in [0.2, 0.25) is 0 Å². The van der Waals surface area contributed by atoms with E-state index in [-0.39, 0.29) is 11.8 Å². The zero-order valence-corrected chi connectivity index (χ0v) is 21.8. The molecule has 4 aromatic rings. The van der Waals surface area contributed by atoms with Gasteiger partial charge < -0.3 is 25.0 Å². The number of H-pyrrole nitrogens is 1. The van der Waals surface area contributed by atoms with Crippen LogP contribution in [0.3, 0.4) is 0 Å². The van der Waals surface area contributed by atoms with Gasteiger partial charge in [-0.1, -0.05) is 12.1 Å². The highest BCUT2D eigenvalue weighted by Crippen LogP contribution is 2.31. The molecule has 0 unspecified atom stereocenters. The van der Waals surface area contributed by atoms with E-state index in [9.17, 15) is 9.59 Å². The number of rotatable bonds is 7. The molecule has 0 radical (unpaired) electrons. The number of hydrogen-bond acceptors (Lipinski definition) is 7. The van der Waals surface area contributed by atoms with E-state index in [1.165, 1.54) is 11.3 Å². The quantitative estimate of drug-likeness (QED) is 0.334. The molecule has 0 saturated carbocycles. The second-order valence-corrected chi connectivity index (χ2v) is 10.4. The van der Waals surface area contributed by atoms with E-state index in [1.54, 1.807) is 25.3 Å². The van der Waals surface area contributed by atoms with Crippen LogP contribution in [0.5, 0.6) is 5.75 Å². The lowest BCUT2D eigenvalue weighted by atomic mass is 9.94. The van der Waals surface area contributed by atoms with Crippen LogP contribution in [0.2, 0.25) is 0 Å². The summed E-state index contributed by atoms with van der Waals surface area (Å²) in [6.07, 6.45) is 0. The van der Waals surface area contributed by atoms with E-state index in [0.717, 1.165) is 30.1 Å². The van der Waals surface area contributed by atoms with Crippen molar-refractivity contribution in [3.63, 3.8) is 0 Å². The summed E-state index contributed by atoms with van der Waals surface area (Å²) in [4.78, 5) is 29.4. The molecule has 2 amide bonds. The van der Waals surface area contributed by atoms with Crippen molar-refractivity contribution < 1.29 is 19.1 Å². The smallest absolute Gasteiger partial charge is 0.262 e. The number of hydrogen-bond donors (Lipinski definition) is 3. The minimum absolute atomic E-state index is 0.202. The Morgan fingerprint density at radius 3 is 2.43 bits per heavy atom. The molecule has 1 fully saturated rings. The fourth-order valence-electron chi connectivity index (χ4n) is 4.27. The molecule has 0 aliphatic carbocycles. The highest BCUT2D eigenvalue weighted by atomic mass is 32.1. The summed E-state index contributed by atoms with van der Waals surface area (Å²) in [7, 11) is 1.62. The molecule has 2 aromatic heterocycles. The van der Waals surface area contributed by atoms with Crippen LogP contribution >= 0.6 is 11.3 Å². The van der Waals surface area contributed by atoms with Gasteiger partial charge in [-0.05, 0) is 61.9 Å². The Kier molecular flexibility index (Phi) is 6.86. The van der Waals surface area contributed by atoms with E-state index >= 15 is 0 Å². The first-order valence-electron chi connectivity index (χ1n) is 12.0. The lowest BCUT2D eigenvalue weighted by Gasteiger charge is -2.28. The van der Waals surface area contributed by atoms with E-state index in [1.807, 2.05) is 50.2 Å². The van der Waals surface area contributed by atoms with E-state index in [4.69, 9.17) is 9.47 Å². The molecule has 9 nitrogen and oxygen atoms in total. The number of benzene rings is 2. The second kappa shape index (κ2) is 10.2. The fourth-order valence-corrected chi connectivity index (χ4v) is 5.17. The number of methoxy groups -OCH3 is 1. The number of aromatic amines is 1. The summed E-state index contributed by atoms with van der Waals surface area (Å²) >= 11 is 1.29. The molecule has 1 aliphatic rings. The molecule has 0 bridgehead atoms. The van der Waals surface area contributed by atoms with Crippen LogP contribution in [-0.2, 0) is 10.3 Å². The summed E-state index contributed by atoms with van der Waals surface area (Å²) in [5.41, 5.74) is 1.96. The van der Waals surface area contributed by atoms with E-state index in [0.29, 0.717) is 39.7 Å². The summed E-state index contributed by atoms with van der Waals surface area (Å²) in [6.45, 7) is 6.98. The van der Waals surface area contributed by atoms with Crippen LogP contribution in [-0.4, -0.2) is 55.4 Å². The number of aromatic nitrogens is 2. The largest absolute Gasteiger partial charge is 0.497 e. The first-order chi connectivity index (χ1) is 17.8. The average molecular weight is 520 g/mol. The van der Waals surface area contributed by atoms with Crippen LogP contribution in [0.15, 0.2) is 54.6 Å². The summed E-state index contributed by atoms with van der Waals surface area (Å²) in [6, 6.07) is 16.8. The molecular weight excluding hydrogens is 490 g/mol. The Bertz CT molecular complexity index is 1400. The molecule has 192 valence electrons. The van der Waals surface area contributed by atoms with Crippen molar-refractivity contribution in [3.05, 3.63) is 70.6 Å². The lowest BCUT2D eigenvalue weighted by Crippen LogP contribution is -2.40. The predicted octanol–water partition coefficient (Wildman–Crippen LogP) is 4.39. The number of thiophene rings is 1. The van der Waals surface area contributed by atoms with E-state index < -0.39 is 5.54 Å². The summed E-state index contributed by atoms with van der Waals surface area (Å²) in [5.74, 6) is 0.682. The van der Waals surface area contributed by atoms with Crippen molar-refractivity contribution in [2.24, 2.45) is 0 Å². The zero-order valence-electron chi connectivity index (χ0n) is 21.0. The number of ether oxygens (including phenoxy) is 2. The van der Waals surface area contributed by atoms with Crippen molar-refractivity contribution in [2.45, 2.75) is 19.4 Å². The number of amides is 2. The number of carbonyl (C=O) groups excluding carboxylic acids is 2. The van der Waals surface area contributed by atoms with Crippen molar-refractivity contribution >= 4 is 44.9 Å². The zero-order chi connectivity index (χ0) is 26.0. The normalized spacial score (nSPS) is 14.0. The molecular formula is C27H29N5O4S. The highest BCUT2D eigenvalue weighted by Gasteiger charge is 2.25. The Labute approximate surface area is 218 Å². The lowest BCUT2D eigenvalue weighted by molar-refractivity contribution is 0.0915. The molecule has 1 aliphatic heterocycles. The van der Waals surface area contributed by atoms with Gasteiger partial charge in [0.25, 0.3) is 11.8 Å². The van der Waals surface area contributed by atoms with Crippen molar-refractivity contribution in [1.82, 2.24) is 15.5 Å². The number of carbonyl (C=O) groups is 2. The topological polar surface area (TPSA) is 109 Å². The second-order valence-electron chi connectivity index (χ2n) is 9.33. The van der Waals surface area contributed by atoms with Crippen LogP contribution in [0.4, 0.5) is 11.5 Å². The average Bonchev–Trinajstić information content (AvgIpc) is 3.51. The van der Waals surface area contributed by atoms with Crippen molar-refractivity contribution in [2.75, 3.05) is 43.6 Å². The van der Waals surface area contributed by atoms with Gasteiger partial charge in [0, 0.05) is 24.3 Å². The van der Waals surface area contributed by atoms with Gasteiger partial charge >= 0.3 is 0 Å². The Hall–Kier alpha value is -3.89. The maximum Gasteiger partial charge on any atom is 0.262 e. The molecule has 2 aromatic carbocycles. The van der Waals surface area contributed by atoms with Gasteiger partial charge in [0.05, 0.1) is 36.1 Å². The van der Waals surface area contributed by atoms with Crippen LogP contribution in [0.1, 0.15) is 39.4 Å². The molecule has 5 rings (SSSR count). The number of nitrogens with zero attached hydrogens (tertiary/aromatic N) is 2. The van der Waals surface area contributed by atoms with E-state index in [2.05, 4.69) is 25.7 Å². The third kappa shape index (κ3) is 5.30. The van der Waals surface area contributed by atoms with Crippen LogP contribution < -0.4 is 20.3 Å². The third-order valence-electron chi connectivity index (χ3n) is 6.46. The Morgan fingerprint density at radius 2 is 1.76 bits per heavy atom. The minimum atomic E-state index is -0.594. The summed E-state index contributed by atoms with van der Waals surface area (Å²) < 4.78 is 10.6.